The largest absolute Gasteiger partial charge is 0.351 e. The third kappa shape index (κ3) is 3.19. The van der Waals surface area contributed by atoms with Gasteiger partial charge in [-0.15, -0.1) is 0 Å². The Morgan fingerprint density at radius 1 is 0.920 bits per heavy atom. The van der Waals surface area contributed by atoms with Gasteiger partial charge >= 0.3 is 0 Å². The van der Waals surface area contributed by atoms with Crippen LogP contribution in [0.3, 0.4) is 0 Å². The van der Waals surface area contributed by atoms with Crippen molar-refractivity contribution < 1.29 is 9.59 Å². The van der Waals surface area contributed by atoms with E-state index in [9.17, 15) is 9.59 Å². The molecule has 2 aliphatic carbocycles. The van der Waals surface area contributed by atoms with Crippen molar-refractivity contribution in [2.45, 2.75) is 82.3 Å². The van der Waals surface area contributed by atoms with Gasteiger partial charge in [-0.3, -0.25) is 9.59 Å². The highest BCUT2D eigenvalue weighted by Crippen LogP contribution is 2.39. The van der Waals surface area contributed by atoms with E-state index in [4.69, 9.17) is 0 Å². The molecule has 2 saturated carbocycles. The van der Waals surface area contributed by atoms with Crippen LogP contribution in [0.5, 0.6) is 0 Å². The molecular weight excluding hydrogens is 312 g/mol. The Bertz CT molecular complexity index is 645. The molecule has 1 heterocycles. The minimum atomic E-state index is -0.436. The lowest BCUT2D eigenvalue weighted by Crippen LogP contribution is -2.47. The summed E-state index contributed by atoms with van der Waals surface area (Å²) >= 11 is 0. The third-order valence-corrected chi connectivity index (χ3v) is 6.17. The van der Waals surface area contributed by atoms with E-state index >= 15 is 0 Å². The van der Waals surface area contributed by atoms with Crippen LogP contribution in [-0.2, 0) is 4.79 Å². The van der Waals surface area contributed by atoms with E-state index in [2.05, 4.69) is 5.32 Å². The van der Waals surface area contributed by atoms with Crippen molar-refractivity contribution in [1.29, 1.82) is 0 Å². The smallest absolute Gasteiger partial charge is 0.255 e. The van der Waals surface area contributed by atoms with Crippen LogP contribution >= 0.6 is 0 Å². The number of amides is 2. The zero-order valence-corrected chi connectivity index (χ0v) is 14.9. The lowest BCUT2D eigenvalue weighted by atomic mass is 9.92. The summed E-state index contributed by atoms with van der Waals surface area (Å²) in [6.45, 7) is 0. The standard InChI is InChI=1S/C21H28N2O2/c24-20(22-15-9-3-1-4-10-15)19-17-13-7-8-14-18(17)21(25)23(19)16-11-5-2-6-12-16/h7-8,13-16,19H,1-6,9-12H2,(H,22,24)/t19-/m1/s1. The van der Waals surface area contributed by atoms with Crippen molar-refractivity contribution in [2.24, 2.45) is 0 Å². The van der Waals surface area contributed by atoms with Crippen LogP contribution in [-0.4, -0.2) is 28.8 Å². The number of hydrogen-bond acceptors (Lipinski definition) is 2. The Kier molecular flexibility index (Phi) is 4.78. The number of nitrogens with one attached hydrogen (secondary N) is 1. The summed E-state index contributed by atoms with van der Waals surface area (Å²) in [5.74, 6) is 0.0714. The van der Waals surface area contributed by atoms with E-state index in [1.54, 1.807) is 0 Å². The first-order chi connectivity index (χ1) is 12.3. The molecule has 2 amide bonds. The van der Waals surface area contributed by atoms with Crippen molar-refractivity contribution in [3.63, 3.8) is 0 Å². The Labute approximate surface area is 150 Å². The molecular formula is C21H28N2O2. The van der Waals surface area contributed by atoms with Gasteiger partial charge in [0.2, 0.25) is 5.91 Å². The molecule has 0 aromatic heterocycles. The first-order valence-electron chi connectivity index (χ1n) is 9.97. The summed E-state index contributed by atoms with van der Waals surface area (Å²) in [7, 11) is 0. The Morgan fingerprint density at radius 3 is 2.28 bits per heavy atom. The highest BCUT2D eigenvalue weighted by atomic mass is 16.2. The summed E-state index contributed by atoms with van der Waals surface area (Å²) in [5, 5.41) is 3.26. The first kappa shape index (κ1) is 16.6. The maximum Gasteiger partial charge on any atom is 0.255 e. The highest BCUT2D eigenvalue weighted by Gasteiger charge is 2.44. The minimum Gasteiger partial charge on any atom is -0.351 e. The number of nitrogens with zero attached hydrogens (tertiary/aromatic N) is 1. The van der Waals surface area contributed by atoms with E-state index in [-0.39, 0.29) is 23.9 Å². The van der Waals surface area contributed by atoms with Gasteiger partial charge in [-0.05, 0) is 37.3 Å². The summed E-state index contributed by atoms with van der Waals surface area (Å²) in [5.41, 5.74) is 1.61. The van der Waals surface area contributed by atoms with Gasteiger partial charge in [-0.1, -0.05) is 56.7 Å². The molecule has 0 unspecified atom stereocenters. The quantitative estimate of drug-likeness (QED) is 0.905. The average Bonchev–Trinajstić information content (AvgIpc) is 2.96. The second kappa shape index (κ2) is 7.19. The summed E-state index contributed by atoms with van der Waals surface area (Å²) < 4.78 is 0. The maximum atomic E-state index is 13.2. The fourth-order valence-electron chi connectivity index (χ4n) is 4.87. The van der Waals surface area contributed by atoms with E-state index in [1.165, 1.54) is 25.7 Å². The molecule has 1 aromatic carbocycles. The molecule has 3 aliphatic rings. The topological polar surface area (TPSA) is 49.4 Å². The van der Waals surface area contributed by atoms with Gasteiger partial charge in [0.15, 0.2) is 0 Å². The number of rotatable bonds is 3. The van der Waals surface area contributed by atoms with Gasteiger partial charge in [-0.25, -0.2) is 0 Å². The number of benzene rings is 1. The van der Waals surface area contributed by atoms with Gasteiger partial charge in [0.05, 0.1) is 0 Å². The second-order valence-corrected chi connectivity index (χ2v) is 7.84. The average molecular weight is 340 g/mol. The maximum absolute atomic E-state index is 13.2. The van der Waals surface area contributed by atoms with Crippen molar-refractivity contribution in [2.75, 3.05) is 0 Å². The molecule has 0 radical (unpaired) electrons. The Hall–Kier alpha value is -1.84. The molecule has 4 rings (SSSR count). The lowest BCUT2D eigenvalue weighted by molar-refractivity contribution is -0.127. The zero-order valence-electron chi connectivity index (χ0n) is 14.9. The molecule has 25 heavy (non-hydrogen) atoms. The Morgan fingerprint density at radius 2 is 1.56 bits per heavy atom. The first-order valence-corrected chi connectivity index (χ1v) is 9.97. The predicted octanol–water partition coefficient (Wildman–Crippen LogP) is 3.97. The van der Waals surface area contributed by atoms with Crippen LogP contribution in [0.2, 0.25) is 0 Å². The molecule has 4 nitrogen and oxygen atoms in total. The fourth-order valence-corrected chi connectivity index (χ4v) is 4.87. The molecule has 2 fully saturated rings. The fraction of sp³-hybridized carbons (Fsp3) is 0.619. The Balaban J connectivity index is 1.60. The van der Waals surface area contributed by atoms with Crippen LogP contribution in [0, 0.1) is 0 Å². The lowest BCUT2D eigenvalue weighted by Gasteiger charge is -2.36. The summed E-state index contributed by atoms with van der Waals surface area (Å²) in [6, 6.07) is 7.72. The molecule has 0 spiro atoms. The van der Waals surface area contributed by atoms with Crippen LogP contribution < -0.4 is 5.32 Å². The van der Waals surface area contributed by atoms with Gasteiger partial charge < -0.3 is 10.2 Å². The van der Waals surface area contributed by atoms with E-state index in [0.29, 0.717) is 0 Å². The SMILES string of the molecule is O=C(NC1CCCCC1)[C@H]1c2ccccc2C(=O)N1C1CCCCC1. The van der Waals surface area contributed by atoms with Gasteiger partial charge in [0, 0.05) is 17.6 Å². The third-order valence-electron chi connectivity index (χ3n) is 6.17. The van der Waals surface area contributed by atoms with Crippen molar-refractivity contribution in [3.8, 4) is 0 Å². The van der Waals surface area contributed by atoms with Crippen LogP contribution in [0.25, 0.3) is 0 Å². The van der Waals surface area contributed by atoms with E-state index in [1.807, 2.05) is 29.2 Å². The second-order valence-electron chi connectivity index (χ2n) is 7.84. The molecule has 4 heteroatoms. The molecule has 1 atom stereocenters. The van der Waals surface area contributed by atoms with Crippen LogP contribution in [0.4, 0.5) is 0 Å². The molecule has 0 saturated heterocycles. The van der Waals surface area contributed by atoms with Crippen LogP contribution in [0.1, 0.15) is 86.2 Å². The van der Waals surface area contributed by atoms with E-state index < -0.39 is 6.04 Å². The number of fused-ring (bicyclic) bond motifs is 1. The number of carbonyl (C=O) groups excluding carboxylic acids is 2. The van der Waals surface area contributed by atoms with Crippen molar-refractivity contribution in [3.05, 3.63) is 35.4 Å². The van der Waals surface area contributed by atoms with Gasteiger partial charge in [-0.2, -0.15) is 0 Å². The zero-order chi connectivity index (χ0) is 17.2. The molecule has 1 N–H and O–H groups in total. The van der Waals surface area contributed by atoms with Crippen molar-refractivity contribution >= 4 is 11.8 Å². The molecule has 0 bridgehead atoms. The normalized spacial score (nSPS) is 25.0. The van der Waals surface area contributed by atoms with Gasteiger partial charge in [0.25, 0.3) is 5.91 Å². The van der Waals surface area contributed by atoms with Gasteiger partial charge in [0.1, 0.15) is 6.04 Å². The van der Waals surface area contributed by atoms with E-state index in [0.717, 1.165) is 49.7 Å². The summed E-state index contributed by atoms with van der Waals surface area (Å²) in [6.07, 6.45) is 11.4. The molecule has 134 valence electrons. The minimum absolute atomic E-state index is 0.0239. The van der Waals surface area contributed by atoms with Crippen LogP contribution in [0.15, 0.2) is 24.3 Å². The molecule has 1 aliphatic heterocycles. The predicted molar refractivity (Wildman–Crippen MR) is 97.2 cm³/mol. The number of carbonyl (C=O) groups is 2. The molecule has 1 aromatic rings. The monoisotopic (exact) mass is 340 g/mol. The highest BCUT2D eigenvalue weighted by molar-refractivity contribution is 6.04. The van der Waals surface area contributed by atoms with Crippen molar-refractivity contribution in [1.82, 2.24) is 10.2 Å². The number of hydrogen-bond donors (Lipinski definition) is 1. The summed E-state index contributed by atoms with van der Waals surface area (Å²) in [4.78, 5) is 28.1.